The minimum Gasteiger partial charge on any atom is -0.380 e. The van der Waals surface area contributed by atoms with Gasteiger partial charge in [-0.3, -0.25) is 0 Å². The predicted molar refractivity (Wildman–Crippen MR) is 139 cm³/mol. The van der Waals surface area contributed by atoms with Crippen LogP contribution in [0.1, 0.15) is 0 Å². The van der Waals surface area contributed by atoms with E-state index in [-0.39, 0.29) is 36.6 Å². The van der Waals surface area contributed by atoms with Gasteiger partial charge in [0.05, 0.1) is 143 Å². The van der Waals surface area contributed by atoms with Crippen LogP contribution in [0.15, 0.2) is 0 Å². The Morgan fingerprint density at radius 3 is 0.659 bits per heavy atom. The molecule has 0 aromatic rings. The molecule has 41 heavy (non-hydrogen) atoms. The van der Waals surface area contributed by atoms with Crippen LogP contribution in [0, 0.1) is 10.8 Å². The van der Waals surface area contributed by atoms with E-state index in [2.05, 4.69) is 0 Å². The van der Waals surface area contributed by atoms with Crippen molar-refractivity contribution in [2.24, 2.45) is 10.8 Å². The van der Waals surface area contributed by atoms with E-state index in [1.54, 1.807) is 0 Å². The molecule has 0 N–H and O–H groups in total. The summed E-state index contributed by atoms with van der Waals surface area (Å²) in [6, 6.07) is 0. The van der Waals surface area contributed by atoms with E-state index < -0.39 is 10.8 Å². The molecule has 13 heteroatoms. The van der Waals surface area contributed by atoms with E-state index in [4.69, 9.17) is 61.6 Å². The number of epoxide rings is 6. The van der Waals surface area contributed by atoms with Gasteiger partial charge in [0.2, 0.25) is 0 Å². The molecule has 236 valence electrons. The van der Waals surface area contributed by atoms with E-state index in [0.29, 0.717) is 92.5 Å². The number of rotatable bonds is 28. The first-order valence-electron chi connectivity index (χ1n) is 14.9. The van der Waals surface area contributed by atoms with Crippen molar-refractivity contribution in [3.63, 3.8) is 0 Å². The molecule has 0 aromatic carbocycles. The van der Waals surface area contributed by atoms with Gasteiger partial charge >= 0.3 is 0 Å². The van der Waals surface area contributed by atoms with Gasteiger partial charge in [-0.05, 0) is 0 Å². The van der Waals surface area contributed by atoms with Crippen molar-refractivity contribution >= 4 is 0 Å². The Morgan fingerprint density at radius 1 is 0.317 bits per heavy atom. The van der Waals surface area contributed by atoms with E-state index in [0.717, 1.165) is 39.6 Å². The fraction of sp³-hybridized carbons (Fsp3) is 1.00. The normalized spacial score (nSPS) is 33.7. The third kappa shape index (κ3) is 12.2. The molecule has 0 aromatic heterocycles. The van der Waals surface area contributed by atoms with Gasteiger partial charge in [-0.2, -0.15) is 0 Å². The lowest BCUT2D eigenvalue weighted by Gasteiger charge is -2.36. The van der Waals surface area contributed by atoms with Crippen LogP contribution in [0.3, 0.4) is 0 Å². The van der Waals surface area contributed by atoms with Gasteiger partial charge in [0, 0.05) is 0 Å². The van der Waals surface area contributed by atoms with Crippen LogP contribution >= 0.6 is 0 Å². The summed E-state index contributed by atoms with van der Waals surface area (Å²) < 4.78 is 75.2. The molecule has 0 amide bonds. The SMILES string of the molecule is C(OCC(COCC1CO1)(COCC1CO1)COCC(COCC1CO1)(COCC1CO1)COCC1CO1)C1CO1. The Bertz CT molecular complexity index is 609. The Morgan fingerprint density at radius 2 is 0.488 bits per heavy atom. The molecule has 6 aliphatic rings. The highest BCUT2D eigenvalue weighted by atomic mass is 16.6. The second-order valence-corrected chi connectivity index (χ2v) is 12.3. The fourth-order valence-electron chi connectivity index (χ4n) is 4.41. The molecule has 6 atom stereocenters. The number of ether oxygens (including phenoxy) is 13. The minimum absolute atomic E-state index is 0.163. The molecule has 13 nitrogen and oxygen atoms in total. The van der Waals surface area contributed by atoms with Crippen molar-refractivity contribution in [1.82, 2.24) is 0 Å². The van der Waals surface area contributed by atoms with Gasteiger partial charge in [0.25, 0.3) is 0 Å². The molecule has 6 heterocycles. The van der Waals surface area contributed by atoms with Gasteiger partial charge in [0.15, 0.2) is 0 Å². The Labute approximate surface area is 241 Å². The number of hydrogen-bond donors (Lipinski definition) is 0. The molecule has 6 aliphatic heterocycles. The first-order valence-corrected chi connectivity index (χ1v) is 14.9. The van der Waals surface area contributed by atoms with Crippen LogP contribution in [-0.2, 0) is 61.6 Å². The van der Waals surface area contributed by atoms with Crippen LogP contribution in [0.2, 0.25) is 0 Å². The minimum atomic E-state index is -0.529. The topological polar surface area (TPSA) is 140 Å². The summed E-state index contributed by atoms with van der Waals surface area (Å²) in [5.74, 6) is 0. The molecular formula is C28H46O13. The Balaban J connectivity index is 1.08. The highest BCUT2D eigenvalue weighted by molar-refractivity contribution is 4.85. The summed E-state index contributed by atoms with van der Waals surface area (Å²) >= 11 is 0. The second kappa shape index (κ2) is 15.0. The summed E-state index contributed by atoms with van der Waals surface area (Å²) in [6.07, 6.45) is 0.976. The van der Waals surface area contributed by atoms with E-state index in [9.17, 15) is 0 Å². The van der Waals surface area contributed by atoms with Crippen molar-refractivity contribution in [2.45, 2.75) is 36.6 Å². The zero-order valence-electron chi connectivity index (χ0n) is 23.9. The molecule has 6 rings (SSSR count). The average molecular weight is 591 g/mol. The fourth-order valence-corrected chi connectivity index (χ4v) is 4.41. The van der Waals surface area contributed by atoms with Crippen molar-refractivity contribution < 1.29 is 61.6 Å². The van der Waals surface area contributed by atoms with Crippen LogP contribution in [0.25, 0.3) is 0 Å². The van der Waals surface area contributed by atoms with Crippen molar-refractivity contribution in [3.8, 4) is 0 Å². The quantitative estimate of drug-likeness (QED) is 0.108. The molecule has 0 saturated carbocycles. The summed E-state index contributed by atoms with van der Waals surface area (Å²) in [4.78, 5) is 0. The average Bonchev–Trinajstić information content (AvgIpc) is 3.73. The molecule has 0 aliphatic carbocycles. The third-order valence-electron chi connectivity index (χ3n) is 7.50. The smallest absolute Gasteiger partial charge is 0.104 e. The van der Waals surface area contributed by atoms with Crippen LogP contribution in [0.5, 0.6) is 0 Å². The molecule has 0 radical (unpaired) electrons. The largest absolute Gasteiger partial charge is 0.380 e. The first-order chi connectivity index (χ1) is 20.2. The van der Waals surface area contributed by atoms with Gasteiger partial charge in [-0.15, -0.1) is 0 Å². The third-order valence-corrected chi connectivity index (χ3v) is 7.50. The second-order valence-electron chi connectivity index (χ2n) is 12.3. The Hall–Kier alpha value is -0.520. The highest BCUT2D eigenvalue weighted by Gasteiger charge is 2.40. The summed E-state index contributed by atoms with van der Waals surface area (Å²) in [5, 5.41) is 0. The van der Waals surface area contributed by atoms with Crippen molar-refractivity contribution in [2.75, 3.05) is 132 Å². The standard InChI is InChI=1S/C28H46O13/c1(21-7-36-21)29-13-27(14-30-2-22-8-37-22,15-31-3-23-9-38-23)19-35-20-28(16-32-4-24-10-39-24,17-33-5-25-11-40-25)18-34-6-26-12-41-26/h21-26H,1-20H2. The molecular weight excluding hydrogens is 544 g/mol. The monoisotopic (exact) mass is 590 g/mol. The van der Waals surface area contributed by atoms with E-state index in [1.807, 2.05) is 0 Å². The van der Waals surface area contributed by atoms with Crippen LogP contribution in [0.4, 0.5) is 0 Å². The first kappa shape index (κ1) is 30.5. The van der Waals surface area contributed by atoms with Gasteiger partial charge in [-0.1, -0.05) is 0 Å². The van der Waals surface area contributed by atoms with Crippen molar-refractivity contribution in [1.29, 1.82) is 0 Å². The van der Waals surface area contributed by atoms with Gasteiger partial charge in [-0.25, -0.2) is 0 Å². The van der Waals surface area contributed by atoms with Gasteiger partial charge in [0.1, 0.15) is 36.6 Å². The maximum atomic E-state index is 6.54. The highest BCUT2D eigenvalue weighted by Crippen LogP contribution is 2.28. The van der Waals surface area contributed by atoms with Gasteiger partial charge < -0.3 is 61.6 Å². The Kier molecular flexibility index (Phi) is 11.1. The summed E-state index contributed by atoms with van der Waals surface area (Å²) in [7, 11) is 0. The molecule has 6 saturated heterocycles. The summed E-state index contributed by atoms with van der Waals surface area (Å²) in [5.41, 5.74) is -1.06. The van der Waals surface area contributed by atoms with E-state index >= 15 is 0 Å². The lowest BCUT2D eigenvalue weighted by molar-refractivity contribution is -0.144. The molecule has 0 bridgehead atoms. The van der Waals surface area contributed by atoms with Crippen LogP contribution < -0.4 is 0 Å². The number of hydrogen-bond acceptors (Lipinski definition) is 13. The van der Waals surface area contributed by atoms with Crippen LogP contribution in [-0.4, -0.2) is 169 Å². The zero-order valence-corrected chi connectivity index (χ0v) is 23.9. The van der Waals surface area contributed by atoms with E-state index in [1.165, 1.54) is 0 Å². The summed E-state index contributed by atoms with van der Waals surface area (Å²) in [6.45, 7) is 10.8. The maximum Gasteiger partial charge on any atom is 0.104 e. The maximum absolute atomic E-state index is 6.54. The molecule has 6 fully saturated rings. The predicted octanol–water partition coefficient (Wildman–Crippen LogP) is -0.532. The molecule has 6 unspecified atom stereocenters. The van der Waals surface area contributed by atoms with Crippen molar-refractivity contribution in [3.05, 3.63) is 0 Å². The zero-order chi connectivity index (χ0) is 27.8. The lowest BCUT2D eigenvalue weighted by atomic mass is 9.90. The lowest BCUT2D eigenvalue weighted by Crippen LogP contribution is -2.46. The molecule has 0 spiro atoms.